The zero-order valence-electron chi connectivity index (χ0n) is 17.4. The Morgan fingerprint density at radius 3 is 2.75 bits per heavy atom. The summed E-state index contributed by atoms with van der Waals surface area (Å²) < 4.78 is 53.0. The van der Waals surface area contributed by atoms with Crippen LogP contribution >= 0.6 is 23.4 Å². The highest BCUT2D eigenvalue weighted by Crippen LogP contribution is 2.51. The maximum Gasteiger partial charge on any atom is 0.451 e. The Hall–Kier alpha value is -2.52. The van der Waals surface area contributed by atoms with Crippen LogP contribution in [0.2, 0.25) is 5.02 Å². The largest absolute Gasteiger partial charge is 0.493 e. The number of nitrogens with zero attached hydrogens (tertiary/aromatic N) is 3. The Balaban J connectivity index is 1.89. The number of hydrogen-bond acceptors (Lipinski definition) is 6. The minimum atomic E-state index is -4.60. The molecule has 0 N–H and O–H groups in total. The highest BCUT2D eigenvalue weighted by Gasteiger charge is 2.50. The third kappa shape index (κ3) is 3.99. The first-order chi connectivity index (χ1) is 15.3. The third-order valence-corrected chi connectivity index (χ3v) is 6.83. The van der Waals surface area contributed by atoms with E-state index in [4.69, 9.17) is 21.1 Å². The monoisotopic (exact) mass is 483 g/mol. The summed E-state index contributed by atoms with van der Waals surface area (Å²) in [4.78, 5) is 1.25. The second-order valence-corrected chi connectivity index (χ2v) is 8.81. The van der Waals surface area contributed by atoms with E-state index in [1.165, 1.54) is 21.7 Å². The van der Waals surface area contributed by atoms with Gasteiger partial charge < -0.3 is 9.47 Å². The molecule has 5 nitrogen and oxygen atoms in total. The molecule has 2 aromatic carbocycles. The van der Waals surface area contributed by atoms with Gasteiger partial charge in [-0.3, -0.25) is 9.91 Å². The summed E-state index contributed by atoms with van der Waals surface area (Å²) in [5.41, 5.74) is 1.84. The zero-order valence-corrected chi connectivity index (χ0v) is 19.0. The molecule has 4 rings (SSSR count). The fourth-order valence-corrected chi connectivity index (χ4v) is 5.55. The minimum Gasteiger partial charge on any atom is -0.493 e. The van der Waals surface area contributed by atoms with E-state index in [1.54, 1.807) is 44.5 Å². The second kappa shape index (κ2) is 8.78. The van der Waals surface area contributed by atoms with Gasteiger partial charge >= 0.3 is 6.18 Å². The van der Waals surface area contributed by atoms with Crippen molar-refractivity contribution in [1.29, 1.82) is 0 Å². The minimum absolute atomic E-state index is 0.259. The van der Waals surface area contributed by atoms with Crippen LogP contribution in [0.1, 0.15) is 16.4 Å². The van der Waals surface area contributed by atoms with Gasteiger partial charge in [-0.15, -0.1) is 11.8 Å². The van der Waals surface area contributed by atoms with E-state index < -0.39 is 18.2 Å². The van der Waals surface area contributed by atoms with E-state index in [1.807, 2.05) is 12.1 Å². The average Bonchev–Trinajstić information content (AvgIpc) is 3.00. The normalized spacial score (nSPS) is 20.2. The number of thioether (sulfide) groups is 1. The summed E-state index contributed by atoms with van der Waals surface area (Å²) in [6.07, 6.45) is -3.57. The highest BCUT2D eigenvalue weighted by atomic mass is 35.5. The fraction of sp³-hybridized carbons (Fsp3) is 0.318. The van der Waals surface area contributed by atoms with Crippen LogP contribution in [0, 0.1) is 0 Å². The number of ether oxygens (including phenoxy) is 2. The summed E-state index contributed by atoms with van der Waals surface area (Å²) in [6.45, 7) is 3.95. The molecule has 0 amide bonds. The van der Waals surface area contributed by atoms with Gasteiger partial charge in [-0.25, -0.2) is 0 Å². The third-order valence-electron chi connectivity index (χ3n) is 5.26. The molecule has 170 valence electrons. The van der Waals surface area contributed by atoms with Crippen molar-refractivity contribution in [1.82, 2.24) is 5.01 Å². The quantitative estimate of drug-likeness (QED) is 0.510. The van der Waals surface area contributed by atoms with Gasteiger partial charge in [-0.05, 0) is 29.8 Å². The Kier molecular flexibility index (Phi) is 6.22. The molecule has 0 spiro atoms. The summed E-state index contributed by atoms with van der Waals surface area (Å²) in [5, 5.41) is 5.25. The van der Waals surface area contributed by atoms with Gasteiger partial charge in [0.25, 0.3) is 0 Å². The lowest BCUT2D eigenvalue weighted by molar-refractivity contribution is -0.0599. The zero-order chi connectivity index (χ0) is 23.0. The van der Waals surface area contributed by atoms with Gasteiger partial charge in [0.05, 0.1) is 12.4 Å². The molecule has 10 heteroatoms. The van der Waals surface area contributed by atoms with Crippen LogP contribution in [-0.2, 0) is 0 Å². The van der Waals surface area contributed by atoms with Gasteiger partial charge in [0.15, 0.2) is 11.5 Å². The SMILES string of the molecule is C=CCOc1c(OC)cccc1[C@H]1SCC2N(C)N=C(C(F)(F)F)N2c2ccc(Cl)cc21. The Bertz CT molecular complexity index is 1060. The van der Waals surface area contributed by atoms with Crippen molar-refractivity contribution >= 4 is 34.9 Å². The average molecular weight is 484 g/mol. The van der Waals surface area contributed by atoms with E-state index >= 15 is 0 Å². The van der Waals surface area contributed by atoms with Crippen molar-refractivity contribution in [2.24, 2.45) is 5.10 Å². The molecule has 0 radical (unpaired) electrons. The Morgan fingerprint density at radius 2 is 2.06 bits per heavy atom. The number of amidine groups is 1. The summed E-state index contributed by atoms with van der Waals surface area (Å²) >= 11 is 7.81. The molecule has 0 saturated carbocycles. The van der Waals surface area contributed by atoms with Crippen molar-refractivity contribution in [2.75, 3.05) is 31.4 Å². The van der Waals surface area contributed by atoms with E-state index in [2.05, 4.69) is 11.7 Å². The predicted octanol–water partition coefficient (Wildman–Crippen LogP) is 5.70. The molecule has 2 heterocycles. The number of hydrogen-bond donors (Lipinski definition) is 0. The van der Waals surface area contributed by atoms with Crippen LogP contribution in [0.5, 0.6) is 11.5 Å². The topological polar surface area (TPSA) is 37.3 Å². The number of alkyl halides is 3. The molecule has 0 aromatic heterocycles. The number of para-hydroxylation sites is 1. The van der Waals surface area contributed by atoms with Crippen LogP contribution in [0.4, 0.5) is 18.9 Å². The number of benzene rings is 2. The summed E-state index contributed by atoms with van der Waals surface area (Å²) in [6, 6.07) is 10.4. The van der Waals surface area contributed by atoms with Crippen LogP contribution in [0.25, 0.3) is 0 Å². The van der Waals surface area contributed by atoms with Crippen LogP contribution < -0.4 is 14.4 Å². The van der Waals surface area contributed by atoms with Crippen molar-refractivity contribution in [3.05, 3.63) is 65.2 Å². The summed E-state index contributed by atoms with van der Waals surface area (Å²) in [5.74, 6) is 0.490. The van der Waals surface area contributed by atoms with Gasteiger partial charge in [-0.1, -0.05) is 36.4 Å². The van der Waals surface area contributed by atoms with Crippen LogP contribution in [0.15, 0.2) is 54.2 Å². The lowest BCUT2D eigenvalue weighted by Gasteiger charge is -2.29. The number of anilines is 1. The van der Waals surface area contributed by atoms with E-state index in [0.717, 1.165) is 5.56 Å². The van der Waals surface area contributed by atoms with Gasteiger partial charge in [0.1, 0.15) is 12.8 Å². The van der Waals surface area contributed by atoms with Gasteiger partial charge in [0, 0.05) is 29.1 Å². The van der Waals surface area contributed by atoms with Crippen molar-refractivity contribution < 1.29 is 22.6 Å². The highest BCUT2D eigenvalue weighted by molar-refractivity contribution is 7.99. The van der Waals surface area contributed by atoms with Crippen molar-refractivity contribution in [3.8, 4) is 11.5 Å². The molecule has 2 aliphatic heterocycles. The second-order valence-electron chi connectivity index (χ2n) is 7.24. The predicted molar refractivity (Wildman–Crippen MR) is 122 cm³/mol. The van der Waals surface area contributed by atoms with Crippen molar-refractivity contribution in [3.63, 3.8) is 0 Å². The molecule has 2 aliphatic rings. The molecule has 0 fully saturated rings. The van der Waals surface area contributed by atoms with E-state index in [-0.39, 0.29) is 11.9 Å². The van der Waals surface area contributed by atoms with Gasteiger partial charge in [0.2, 0.25) is 5.84 Å². The molecular formula is C22H21ClF3N3O2S. The molecule has 2 aromatic rings. The molecule has 0 aliphatic carbocycles. The van der Waals surface area contributed by atoms with Crippen LogP contribution in [-0.4, -0.2) is 49.7 Å². The maximum atomic E-state index is 13.9. The van der Waals surface area contributed by atoms with Crippen molar-refractivity contribution in [2.45, 2.75) is 17.6 Å². The standard InChI is InChI=1S/C22H21ClF3N3O2S/c1-4-10-31-19-14(6-5-7-17(19)30-3)20-15-11-13(23)8-9-16(15)29-18(12-32-20)28(2)27-21(29)22(24,25)26/h4-9,11,18,20H,1,10,12H2,2-3H3/t18?,20-/m1/s1. The first kappa shape index (κ1) is 22.7. The lowest BCUT2D eigenvalue weighted by Crippen LogP contribution is -2.46. The number of hydrazone groups is 1. The Labute approximate surface area is 193 Å². The van der Waals surface area contributed by atoms with Gasteiger partial charge in [-0.2, -0.15) is 18.3 Å². The first-order valence-electron chi connectivity index (χ1n) is 9.75. The fourth-order valence-electron chi connectivity index (χ4n) is 3.90. The van der Waals surface area contributed by atoms with E-state index in [9.17, 15) is 13.2 Å². The lowest BCUT2D eigenvalue weighted by atomic mass is 10.00. The smallest absolute Gasteiger partial charge is 0.451 e. The van der Waals surface area contributed by atoms with E-state index in [0.29, 0.717) is 33.5 Å². The van der Waals surface area contributed by atoms with Crippen LogP contribution in [0.3, 0.4) is 0 Å². The molecule has 32 heavy (non-hydrogen) atoms. The molecule has 2 atom stereocenters. The molecule has 0 bridgehead atoms. The Morgan fingerprint density at radius 1 is 1.28 bits per heavy atom. The number of rotatable bonds is 5. The maximum absolute atomic E-state index is 13.9. The number of halogens is 4. The number of methoxy groups -OCH3 is 1. The molecule has 0 saturated heterocycles. The number of fused-ring (bicyclic) bond motifs is 3. The first-order valence-corrected chi connectivity index (χ1v) is 11.2. The summed E-state index contributed by atoms with van der Waals surface area (Å²) in [7, 11) is 3.10. The molecule has 1 unspecified atom stereocenters. The molecular weight excluding hydrogens is 463 g/mol.